The minimum absolute atomic E-state index is 0.160. The lowest BCUT2D eigenvalue weighted by Gasteiger charge is -2.10. The zero-order valence-corrected chi connectivity index (χ0v) is 21.0. The molecular weight excluding hydrogens is 523 g/mol. The van der Waals surface area contributed by atoms with Crippen molar-refractivity contribution >= 4 is 29.0 Å². The van der Waals surface area contributed by atoms with Crippen molar-refractivity contribution in [2.45, 2.75) is 19.6 Å². The van der Waals surface area contributed by atoms with Gasteiger partial charge in [-0.3, -0.25) is 14.0 Å². The number of aromatic nitrogens is 4. The van der Waals surface area contributed by atoms with Crippen molar-refractivity contribution in [3.05, 3.63) is 107 Å². The Kier molecular flexibility index (Phi) is 6.91. The first kappa shape index (κ1) is 26.4. The lowest BCUT2D eigenvalue weighted by Crippen LogP contribution is -2.25. The number of amides is 2. The monoisotopic (exact) mass is 545 g/mol. The smallest absolute Gasteiger partial charge is 0.382 e. The van der Waals surface area contributed by atoms with Crippen LogP contribution in [0.4, 0.5) is 24.8 Å². The predicted molar refractivity (Wildman–Crippen MR) is 142 cm³/mol. The van der Waals surface area contributed by atoms with Gasteiger partial charge in [-0.2, -0.15) is 13.2 Å². The molecule has 2 amide bonds. The second-order valence-corrected chi connectivity index (χ2v) is 8.85. The summed E-state index contributed by atoms with van der Waals surface area (Å²) in [5.74, 6) is -0.558. The molecule has 3 aromatic heterocycles. The molecule has 202 valence electrons. The summed E-state index contributed by atoms with van der Waals surface area (Å²) in [4.78, 5) is 38.3. The van der Waals surface area contributed by atoms with E-state index in [0.29, 0.717) is 29.1 Å². The van der Waals surface area contributed by atoms with E-state index in [1.807, 2.05) is 30.3 Å². The molecule has 40 heavy (non-hydrogen) atoms. The van der Waals surface area contributed by atoms with Crippen LogP contribution in [-0.2, 0) is 12.7 Å². The van der Waals surface area contributed by atoms with Gasteiger partial charge in [0.05, 0.1) is 11.8 Å². The summed E-state index contributed by atoms with van der Waals surface area (Å²) >= 11 is 0. The van der Waals surface area contributed by atoms with Crippen molar-refractivity contribution in [2.75, 3.05) is 11.1 Å². The highest BCUT2D eigenvalue weighted by Crippen LogP contribution is 2.31. The quantitative estimate of drug-likeness (QED) is 0.279. The van der Waals surface area contributed by atoms with Crippen LogP contribution in [0.1, 0.15) is 37.8 Å². The molecule has 5 rings (SSSR count). The number of carbonyl (C=O) groups excluding carboxylic acids is 2. The number of benzene rings is 2. The molecule has 0 atom stereocenters. The molecule has 2 aromatic carbocycles. The zero-order chi connectivity index (χ0) is 28.4. The van der Waals surface area contributed by atoms with Crippen LogP contribution in [0, 0.1) is 6.92 Å². The Morgan fingerprint density at radius 2 is 1.70 bits per heavy atom. The Morgan fingerprint density at radius 3 is 2.40 bits per heavy atom. The van der Waals surface area contributed by atoms with Gasteiger partial charge < -0.3 is 16.4 Å². The fourth-order valence-corrected chi connectivity index (χ4v) is 4.19. The molecule has 12 heteroatoms. The number of imidazole rings is 1. The topological polar surface area (TPSA) is 127 Å². The second-order valence-electron chi connectivity index (χ2n) is 8.85. The number of rotatable bonds is 6. The highest BCUT2D eigenvalue weighted by Gasteiger charge is 2.31. The fourth-order valence-electron chi connectivity index (χ4n) is 4.19. The van der Waals surface area contributed by atoms with Crippen LogP contribution in [0.3, 0.4) is 0 Å². The van der Waals surface area contributed by atoms with E-state index >= 15 is 0 Å². The molecule has 0 saturated heterocycles. The van der Waals surface area contributed by atoms with Crippen molar-refractivity contribution in [2.24, 2.45) is 0 Å². The lowest BCUT2D eigenvalue weighted by molar-refractivity contribution is -0.137. The molecule has 0 aliphatic carbocycles. The van der Waals surface area contributed by atoms with Crippen LogP contribution < -0.4 is 16.4 Å². The number of fused-ring (bicyclic) bond motifs is 1. The normalized spacial score (nSPS) is 11.4. The summed E-state index contributed by atoms with van der Waals surface area (Å²) in [6.07, 6.45) is -2.20. The zero-order valence-electron chi connectivity index (χ0n) is 21.0. The van der Waals surface area contributed by atoms with Crippen LogP contribution >= 0.6 is 0 Å². The number of alkyl halides is 3. The van der Waals surface area contributed by atoms with Crippen LogP contribution in [0.15, 0.2) is 79.1 Å². The molecule has 0 fully saturated rings. The third-order valence-electron chi connectivity index (χ3n) is 6.13. The number of pyridine rings is 1. The highest BCUT2D eigenvalue weighted by atomic mass is 19.4. The standard InChI is InChI=1S/C28H22F3N7O2/c1-16-36-23(24-25(32)34-15-21(38(16)24)27(40)35-14-17-5-3-2-4-6-17)18-7-9-19(10-8-18)26(39)37-22-13-20(11-12-33-22)28(29,30)31/h2-13,15H,14H2,1H3,(H2,32,34)(H,35,40)(H,33,37,39). The first-order chi connectivity index (χ1) is 19.1. The number of halogens is 3. The molecule has 0 saturated carbocycles. The number of carbonyl (C=O) groups is 2. The van der Waals surface area contributed by atoms with Crippen LogP contribution in [0.5, 0.6) is 0 Å². The maximum absolute atomic E-state index is 13.0. The van der Waals surface area contributed by atoms with Crippen molar-refractivity contribution in [1.29, 1.82) is 0 Å². The fraction of sp³-hybridized carbons (Fsp3) is 0.107. The molecule has 0 aliphatic rings. The van der Waals surface area contributed by atoms with E-state index in [2.05, 4.69) is 25.6 Å². The first-order valence-electron chi connectivity index (χ1n) is 12.0. The van der Waals surface area contributed by atoms with Crippen LogP contribution in [0.25, 0.3) is 16.8 Å². The molecule has 3 heterocycles. The summed E-state index contributed by atoms with van der Waals surface area (Å²) in [6.45, 7) is 2.06. The Bertz CT molecular complexity index is 1720. The van der Waals surface area contributed by atoms with Gasteiger partial charge in [-0.15, -0.1) is 0 Å². The first-order valence-corrected chi connectivity index (χ1v) is 12.0. The van der Waals surface area contributed by atoms with Gasteiger partial charge in [0, 0.05) is 23.9 Å². The van der Waals surface area contributed by atoms with Gasteiger partial charge in [0.2, 0.25) is 0 Å². The van der Waals surface area contributed by atoms with Gasteiger partial charge >= 0.3 is 6.18 Å². The third-order valence-corrected chi connectivity index (χ3v) is 6.13. The molecule has 0 aliphatic heterocycles. The van der Waals surface area contributed by atoms with Gasteiger partial charge in [0.25, 0.3) is 11.8 Å². The predicted octanol–water partition coefficient (Wildman–Crippen LogP) is 4.88. The van der Waals surface area contributed by atoms with E-state index in [1.165, 1.54) is 18.3 Å². The minimum Gasteiger partial charge on any atom is -0.382 e. The number of nitrogens with one attached hydrogen (secondary N) is 2. The molecule has 0 radical (unpaired) electrons. The van der Waals surface area contributed by atoms with E-state index in [0.717, 1.165) is 23.9 Å². The summed E-state index contributed by atoms with van der Waals surface area (Å²) < 4.78 is 40.5. The number of nitrogens with two attached hydrogens (primary N) is 1. The summed E-state index contributed by atoms with van der Waals surface area (Å²) in [7, 11) is 0. The number of anilines is 2. The molecule has 9 nitrogen and oxygen atoms in total. The summed E-state index contributed by atoms with van der Waals surface area (Å²) in [5, 5.41) is 5.25. The average molecular weight is 546 g/mol. The molecule has 4 N–H and O–H groups in total. The van der Waals surface area contributed by atoms with Crippen molar-refractivity contribution in [3.8, 4) is 11.3 Å². The molecular formula is C28H22F3N7O2. The van der Waals surface area contributed by atoms with Gasteiger partial charge in [-0.05, 0) is 36.8 Å². The van der Waals surface area contributed by atoms with Gasteiger partial charge in [-0.25, -0.2) is 15.0 Å². The van der Waals surface area contributed by atoms with Crippen LogP contribution in [-0.4, -0.2) is 31.2 Å². The molecule has 5 aromatic rings. The maximum atomic E-state index is 13.0. The highest BCUT2D eigenvalue weighted by molar-refractivity contribution is 6.04. The van der Waals surface area contributed by atoms with Gasteiger partial charge in [0.1, 0.15) is 34.4 Å². The Morgan fingerprint density at radius 1 is 0.975 bits per heavy atom. The Labute approximate surface area is 225 Å². The number of hydrogen-bond acceptors (Lipinski definition) is 6. The van der Waals surface area contributed by atoms with E-state index in [1.54, 1.807) is 23.5 Å². The molecule has 0 unspecified atom stereocenters. The average Bonchev–Trinajstić information content (AvgIpc) is 3.30. The Hall–Kier alpha value is -5.26. The van der Waals surface area contributed by atoms with E-state index < -0.39 is 17.6 Å². The lowest BCUT2D eigenvalue weighted by atomic mass is 10.1. The number of nitrogen functional groups attached to an aromatic ring is 1. The molecule has 0 bridgehead atoms. The maximum Gasteiger partial charge on any atom is 0.416 e. The van der Waals surface area contributed by atoms with Crippen molar-refractivity contribution in [1.82, 2.24) is 24.7 Å². The number of hydrogen-bond donors (Lipinski definition) is 3. The minimum atomic E-state index is -4.56. The van der Waals surface area contributed by atoms with E-state index in [-0.39, 0.29) is 28.8 Å². The largest absolute Gasteiger partial charge is 0.416 e. The second kappa shape index (κ2) is 10.5. The molecule has 0 spiro atoms. The van der Waals surface area contributed by atoms with E-state index in [4.69, 9.17) is 5.73 Å². The van der Waals surface area contributed by atoms with Crippen LogP contribution in [0.2, 0.25) is 0 Å². The SMILES string of the molecule is Cc1nc(-c2ccc(C(=O)Nc3cc(C(F)(F)F)ccn3)cc2)c2c(N)ncc(C(=O)NCc3ccccc3)n12. The van der Waals surface area contributed by atoms with Crippen molar-refractivity contribution in [3.63, 3.8) is 0 Å². The van der Waals surface area contributed by atoms with Gasteiger partial charge in [-0.1, -0.05) is 42.5 Å². The third kappa shape index (κ3) is 5.32. The summed E-state index contributed by atoms with van der Waals surface area (Å²) in [6, 6.07) is 17.3. The van der Waals surface area contributed by atoms with Gasteiger partial charge in [0.15, 0.2) is 0 Å². The summed E-state index contributed by atoms with van der Waals surface area (Å²) in [5.41, 5.74) is 8.12. The van der Waals surface area contributed by atoms with E-state index in [9.17, 15) is 22.8 Å². The Balaban J connectivity index is 1.40. The number of nitrogens with zero attached hydrogens (tertiary/aromatic N) is 4. The van der Waals surface area contributed by atoms with Crippen molar-refractivity contribution < 1.29 is 22.8 Å². The number of aryl methyl sites for hydroxylation is 1.